The van der Waals surface area contributed by atoms with Gasteiger partial charge in [-0.1, -0.05) is 54.6 Å². The highest BCUT2D eigenvalue weighted by atomic mass is 32.1. The number of aryl methyl sites for hydroxylation is 1. The number of hydrogen-bond acceptors (Lipinski definition) is 5. The van der Waals surface area contributed by atoms with Crippen LogP contribution in [0.15, 0.2) is 89.7 Å². The summed E-state index contributed by atoms with van der Waals surface area (Å²) in [5.74, 6) is -0.679. The van der Waals surface area contributed by atoms with Gasteiger partial charge in [-0.05, 0) is 60.5 Å². The van der Waals surface area contributed by atoms with Gasteiger partial charge < -0.3 is 15.0 Å². The van der Waals surface area contributed by atoms with E-state index in [1.807, 2.05) is 66.7 Å². The maximum absolute atomic E-state index is 12.5. The van der Waals surface area contributed by atoms with Crippen molar-refractivity contribution in [2.24, 2.45) is 0 Å². The van der Waals surface area contributed by atoms with Gasteiger partial charge in [0.05, 0.1) is 5.39 Å². The van der Waals surface area contributed by atoms with Crippen molar-refractivity contribution in [3.8, 4) is 0 Å². The van der Waals surface area contributed by atoms with Gasteiger partial charge in [-0.15, -0.1) is 11.3 Å². The average Bonchev–Trinajstić information content (AvgIpc) is 3.22. The highest BCUT2D eigenvalue weighted by Gasteiger charge is 2.18. The Morgan fingerprint density at radius 3 is 2.03 bits per heavy atom. The number of aromatic carboxylic acids is 1. The molecule has 5 rings (SSSR count). The number of aromatic amines is 1. The van der Waals surface area contributed by atoms with E-state index in [0.717, 1.165) is 34.0 Å². The van der Waals surface area contributed by atoms with E-state index in [1.165, 1.54) is 0 Å². The molecule has 0 bridgehead atoms. The predicted molar refractivity (Wildman–Crippen MR) is 142 cm³/mol. The molecule has 2 heterocycles. The Morgan fingerprint density at radius 1 is 0.886 bits per heavy atom. The molecular formula is C28H21N3O3S. The lowest BCUT2D eigenvalue weighted by molar-refractivity contribution is 0.0701. The van der Waals surface area contributed by atoms with Crippen LogP contribution in [0.2, 0.25) is 0 Å². The van der Waals surface area contributed by atoms with E-state index in [-0.39, 0.29) is 10.4 Å². The molecule has 0 aliphatic rings. The minimum absolute atomic E-state index is 0.135. The molecule has 0 atom stereocenters. The number of nitrogens with one attached hydrogen (secondary N) is 1. The fraction of sp³-hybridized carbons (Fsp3) is 0.0357. The molecule has 0 saturated carbocycles. The summed E-state index contributed by atoms with van der Waals surface area (Å²) < 4.78 is 0. The number of para-hydroxylation sites is 2. The second-order valence-electron chi connectivity index (χ2n) is 7.92. The number of nitrogens with zero attached hydrogens (tertiary/aromatic N) is 2. The van der Waals surface area contributed by atoms with Crippen LogP contribution in [0.5, 0.6) is 0 Å². The van der Waals surface area contributed by atoms with E-state index in [9.17, 15) is 14.7 Å². The first-order chi connectivity index (χ1) is 17.0. The number of carbonyl (C=O) groups is 1. The second kappa shape index (κ2) is 9.40. The Morgan fingerprint density at radius 2 is 1.46 bits per heavy atom. The fourth-order valence-electron chi connectivity index (χ4n) is 3.95. The van der Waals surface area contributed by atoms with Crippen molar-refractivity contribution in [2.75, 3.05) is 4.90 Å². The molecule has 0 fully saturated rings. The molecule has 0 aliphatic heterocycles. The Hall–Kier alpha value is -4.49. The van der Waals surface area contributed by atoms with E-state index in [1.54, 1.807) is 13.0 Å². The molecule has 35 heavy (non-hydrogen) atoms. The molecule has 0 spiro atoms. The van der Waals surface area contributed by atoms with Crippen molar-refractivity contribution in [2.45, 2.75) is 6.92 Å². The summed E-state index contributed by atoms with van der Waals surface area (Å²) in [4.78, 5) is 33.9. The highest BCUT2D eigenvalue weighted by molar-refractivity contribution is 7.20. The molecule has 0 amide bonds. The van der Waals surface area contributed by atoms with E-state index < -0.39 is 5.97 Å². The summed E-state index contributed by atoms with van der Waals surface area (Å²) >= 11 is 1.01. The fourth-order valence-corrected chi connectivity index (χ4v) is 4.98. The number of carboxylic acids is 1. The topological polar surface area (TPSA) is 86.3 Å². The number of H-pyrrole nitrogens is 1. The van der Waals surface area contributed by atoms with E-state index in [0.29, 0.717) is 21.6 Å². The quantitative estimate of drug-likeness (QED) is 0.285. The summed E-state index contributed by atoms with van der Waals surface area (Å²) in [6.45, 7) is 1.63. The summed E-state index contributed by atoms with van der Waals surface area (Å²) in [5.41, 5.74) is 4.17. The third-order valence-electron chi connectivity index (χ3n) is 5.63. The van der Waals surface area contributed by atoms with Crippen molar-refractivity contribution in [3.63, 3.8) is 0 Å². The largest absolute Gasteiger partial charge is 0.477 e. The number of rotatable bonds is 6. The van der Waals surface area contributed by atoms with Gasteiger partial charge >= 0.3 is 5.97 Å². The van der Waals surface area contributed by atoms with Crippen LogP contribution in [0, 0.1) is 6.92 Å². The normalized spacial score (nSPS) is 11.2. The Kier molecular flexibility index (Phi) is 5.99. The zero-order valence-electron chi connectivity index (χ0n) is 18.8. The molecular weight excluding hydrogens is 458 g/mol. The summed E-state index contributed by atoms with van der Waals surface area (Å²) in [6.07, 6.45) is 3.58. The smallest absolute Gasteiger partial charge is 0.346 e. The molecule has 172 valence electrons. The lowest BCUT2D eigenvalue weighted by atomic mass is 10.1. The van der Waals surface area contributed by atoms with Crippen LogP contribution >= 0.6 is 11.3 Å². The van der Waals surface area contributed by atoms with Crippen LogP contribution in [0.1, 0.15) is 26.6 Å². The molecule has 0 unspecified atom stereocenters. The predicted octanol–water partition coefficient (Wildman–Crippen LogP) is 6.63. The Bertz CT molecular complexity index is 1550. The first-order valence-electron chi connectivity index (χ1n) is 11.0. The van der Waals surface area contributed by atoms with E-state index in [4.69, 9.17) is 0 Å². The Balaban J connectivity index is 1.45. The van der Waals surface area contributed by atoms with Gasteiger partial charge in [-0.2, -0.15) is 0 Å². The SMILES string of the molecule is Cc1c(C(=O)O)sc2nc(/C=C/c3ccc(N(c4ccccc4)c4ccccc4)cc3)[nH]c(=O)c12. The van der Waals surface area contributed by atoms with Crippen molar-refractivity contribution in [1.82, 2.24) is 9.97 Å². The van der Waals surface area contributed by atoms with Crippen LogP contribution in [-0.4, -0.2) is 21.0 Å². The number of carboxylic acid groups (broad SMARTS) is 1. The molecule has 0 aliphatic carbocycles. The third-order valence-corrected chi connectivity index (χ3v) is 6.80. The lowest BCUT2D eigenvalue weighted by Crippen LogP contribution is -2.09. The maximum Gasteiger partial charge on any atom is 0.346 e. The number of benzene rings is 3. The van der Waals surface area contributed by atoms with Gasteiger partial charge in [0.25, 0.3) is 5.56 Å². The molecule has 2 aromatic heterocycles. The monoisotopic (exact) mass is 479 g/mol. The number of aromatic nitrogens is 2. The third kappa shape index (κ3) is 4.49. The second-order valence-corrected chi connectivity index (χ2v) is 8.92. The highest BCUT2D eigenvalue weighted by Crippen LogP contribution is 2.34. The lowest BCUT2D eigenvalue weighted by Gasteiger charge is -2.25. The zero-order valence-corrected chi connectivity index (χ0v) is 19.6. The van der Waals surface area contributed by atoms with Crippen molar-refractivity contribution in [1.29, 1.82) is 0 Å². The zero-order chi connectivity index (χ0) is 24.4. The van der Waals surface area contributed by atoms with E-state index in [2.05, 4.69) is 39.1 Å². The average molecular weight is 480 g/mol. The van der Waals surface area contributed by atoms with Crippen molar-refractivity contribution in [3.05, 3.63) is 117 Å². The molecule has 7 heteroatoms. The van der Waals surface area contributed by atoms with Gasteiger partial charge in [-0.25, -0.2) is 9.78 Å². The number of anilines is 3. The number of fused-ring (bicyclic) bond motifs is 1. The molecule has 5 aromatic rings. The van der Waals surface area contributed by atoms with E-state index >= 15 is 0 Å². The van der Waals surface area contributed by atoms with Crippen molar-refractivity contribution >= 4 is 56.7 Å². The molecule has 0 radical (unpaired) electrons. The van der Waals surface area contributed by atoms with Crippen LogP contribution in [0.25, 0.3) is 22.4 Å². The van der Waals surface area contributed by atoms with Gasteiger partial charge in [-0.3, -0.25) is 4.79 Å². The molecule has 2 N–H and O–H groups in total. The maximum atomic E-state index is 12.5. The van der Waals surface area contributed by atoms with Gasteiger partial charge in [0.15, 0.2) is 0 Å². The van der Waals surface area contributed by atoms with Crippen LogP contribution < -0.4 is 10.5 Å². The molecule has 6 nitrogen and oxygen atoms in total. The molecule has 3 aromatic carbocycles. The van der Waals surface area contributed by atoms with Gasteiger partial charge in [0.1, 0.15) is 15.5 Å². The van der Waals surface area contributed by atoms with Gasteiger partial charge in [0.2, 0.25) is 0 Å². The minimum Gasteiger partial charge on any atom is -0.477 e. The number of thiophene rings is 1. The summed E-state index contributed by atoms with van der Waals surface area (Å²) in [7, 11) is 0. The van der Waals surface area contributed by atoms with Crippen LogP contribution in [0.3, 0.4) is 0 Å². The summed E-state index contributed by atoms with van der Waals surface area (Å²) in [6, 6.07) is 28.4. The van der Waals surface area contributed by atoms with Crippen LogP contribution in [-0.2, 0) is 0 Å². The van der Waals surface area contributed by atoms with Gasteiger partial charge in [0, 0.05) is 17.1 Å². The Labute approximate surface area is 205 Å². The van der Waals surface area contributed by atoms with Crippen LogP contribution in [0.4, 0.5) is 17.1 Å². The standard InChI is InChI=1S/C28H21N3O3S/c1-18-24-26(32)29-23(30-27(24)35-25(18)28(33)34)17-14-19-12-15-22(16-13-19)31(20-8-4-2-5-9-20)21-10-6-3-7-11-21/h2-17H,1H3,(H,33,34)(H,29,30,32)/b17-14+. The molecule has 0 saturated heterocycles. The van der Waals surface area contributed by atoms with Crippen molar-refractivity contribution < 1.29 is 9.90 Å². The first kappa shape index (κ1) is 22.3. The number of hydrogen-bond donors (Lipinski definition) is 2. The first-order valence-corrected chi connectivity index (χ1v) is 11.8. The minimum atomic E-state index is -1.05. The summed E-state index contributed by atoms with van der Waals surface area (Å²) in [5, 5.41) is 9.67.